The molecule has 0 amide bonds. The standard InChI is InChI=1S/C16H24N4/c1-5-20-14(3)16(13(2)18-20)12-19(4)11-8-15-6-9-17-10-7-15/h6-7,9-10H,5,8,11-12H2,1-4H3. The third kappa shape index (κ3) is 3.45. The van der Waals surface area contributed by atoms with Crippen LogP contribution in [0.5, 0.6) is 0 Å². The predicted molar refractivity (Wildman–Crippen MR) is 81.7 cm³/mol. The van der Waals surface area contributed by atoms with Crippen LogP contribution in [0.4, 0.5) is 0 Å². The third-order valence-corrected chi connectivity index (χ3v) is 3.79. The van der Waals surface area contributed by atoms with Gasteiger partial charge in [-0.1, -0.05) is 0 Å². The second-order valence-electron chi connectivity index (χ2n) is 5.31. The Morgan fingerprint density at radius 3 is 2.50 bits per heavy atom. The zero-order valence-corrected chi connectivity index (χ0v) is 12.9. The molecule has 0 aromatic carbocycles. The molecule has 0 aliphatic heterocycles. The van der Waals surface area contributed by atoms with Gasteiger partial charge in [0.1, 0.15) is 0 Å². The molecule has 0 saturated heterocycles. The monoisotopic (exact) mass is 272 g/mol. The molecule has 20 heavy (non-hydrogen) atoms. The van der Waals surface area contributed by atoms with Gasteiger partial charge in [-0.2, -0.15) is 5.10 Å². The van der Waals surface area contributed by atoms with Crippen molar-refractivity contribution in [1.29, 1.82) is 0 Å². The van der Waals surface area contributed by atoms with E-state index >= 15 is 0 Å². The van der Waals surface area contributed by atoms with Gasteiger partial charge in [0, 0.05) is 43.3 Å². The van der Waals surface area contributed by atoms with Gasteiger partial charge in [0.15, 0.2) is 0 Å². The lowest BCUT2D eigenvalue weighted by molar-refractivity contribution is 0.329. The van der Waals surface area contributed by atoms with Crippen LogP contribution in [0.1, 0.15) is 29.4 Å². The topological polar surface area (TPSA) is 34.0 Å². The molecule has 0 aliphatic carbocycles. The van der Waals surface area contributed by atoms with E-state index in [2.05, 4.69) is 59.6 Å². The molecule has 4 heteroatoms. The Morgan fingerprint density at radius 1 is 1.20 bits per heavy atom. The van der Waals surface area contributed by atoms with Gasteiger partial charge < -0.3 is 4.90 Å². The molecule has 0 saturated carbocycles. The maximum Gasteiger partial charge on any atom is 0.0641 e. The minimum absolute atomic E-state index is 0.938. The Balaban J connectivity index is 1.95. The fourth-order valence-corrected chi connectivity index (χ4v) is 2.49. The molecule has 0 unspecified atom stereocenters. The van der Waals surface area contributed by atoms with Crippen molar-refractivity contribution in [2.75, 3.05) is 13.6 Å². The molecule has 2 aromatic rings. The molecule has 0 radical (unpaired) electrons. The zero-order chi connectivity index (χ0) is 14.5. The Bertz CT molecular complexity index is 545. The highest BCUT2D eigenvalue weighted by atomic mass is 15.3. The summed E-state index contributed by atoms with van der Waals surface area (Å²) in [5.41, 5.74) is 5.15. The van der Waals surface area contributed by atoms with Crippen LogP contribution in [0.3, 0.4) is 0 Å². The second kappa shape index (κ2) is 6.66. The van der Waals surface area contributed by atoms with Crippen molar-refractivity contribution >= 4 is 0 Å². The number of pyridine rings is 1. The van der Waals surface area contributed by atoms with Crippen LogP contribution in [-0.2, 0) is 19.5 Å². The van der Waals surface area contributed by atoms with E-state index in [1.807, 2.05) is 12.4 Å². The summed E-state index contributed by atoms with van der Waals surface area (Å²) in [5, 5.41) is 4.58. The molecule has 0 fully saturated rings. The van der Waals surface area contributed by atoms with E-state index in [1.165, 1.54) is 16.8 Å². The molecular weight excluding hydrogens is 248 g/mol. The first kappa shape index (κ1) is 14.7. The summed E-state index contributed by atoms with van der Waals surface area (Å²) in [7, 11) is 2.17. The molecule has 0 atom stereocenters. The van der Waals surface area contributed by atoms with Gasteiger partial charge in [-0.25, -0.2) is 0 Å². The van der Waals surface area contributed by atoms with E-state index in [0.717, 1.165) is 31.7 Å². The lowest BCUT2D eigenvalue weighted by atomic mass is 10.1. The summed E-state index contributed by atoms with van der Waals surface area (Å²) in [6.07, 6.45) is 4.77. The van der Waals surface area contributed by atoms with E-state index in [1.54, 1.807) is 0 Å². The average Bonchev–Trinajstić information content (AvgIpc) is 2.73. The van der Waals surface area contributed by atoms with E-state index in [-0.39, 0.29) is 0 Å². The fourth-order valence-electron chi connectivity index (χ4n) is 2.49. The molecule has 108 valence electrons. The quantitative estimate of drug-likeness (QED) is 0.810. The molecule has 0 N–H and O–H groups in total. The first-order valence-corrected chi connectivity index (χ1v) is 7.22. The first-order valence-electron chi connectivity index (χ1n) is 7.22. The average molecular weight is 272 g/mol. The number of rotatable bonds is 6. The smallest absolute Gasteiger partial charge is 0.0641 e. The van der Waals surface area contributed by atoms with Crippen molar-refractivity contribution in [3.05, 3.63) is 47.0 Å². The van der Waals surface area contributed by atoms with Gasteiger partial charge in [0.2, 0.25) is 0 Å². The summed E-state index contributed by atoms with van der Waals surface area (Å²) in [4.78, 5) is 6.41. The molecule has 2 heterocycles. The minimum atomic E-state index is 0.938. The SMILES string of the molecule is CCn1nc(C)c(CN(C)CCc2ccncc2)c1C. The van der Waals surface area contributed by atoms with E-state index in [4.69, 9.17) is 0 Å². The van der Waals surface area contributed by atoms with Gasteiger partial charge in [-0.05, 0) is 51.9 Å². The van der Waals surface area contributed by atoms with E-state index in [0.29, 0.717) is 0 Å². The molecule has 0 aliphatic rings. The minimum Gasteiger partial charge on any atom is -0.302 e. The van der Waals surface area contributed by atoms with Gasteiger partial charge in [0.25, 0.3) is 0 Å². The van der Waals surface area contributed by atoms with Crippen LogP contribution < -0.4 is 0 Å². The Morgan fingerprint density at radius 2 is 1.90 bits per heavy atom. The van der Waals surface area contributed by atoms with Crippen LogP contribution >= 0.6 is 0 Å². The van der Waals surface area contributed by atoms with Crippen molar-refractivity contribution in [2.24, 2.45) is 0 Å². The number of hydrogen-bond donors (Lipinski definition) is 0. The van der Waals surface area contributed by atoms with Crippen molar-refractivity contribution in [3.8, 4) is 0 Å². The van der Waals surface area contributed by atoms with E-state index in [9.17, 15) is 0 Å². The number of likely N-dealkylation sites (N-methyl/N-ethyl adjacent to an activating group) is 1. The lowest BCUT2D eigenvalue weighted by Crippen LogP contribution is -2.21. The number of hydrogen-bond acceptors (Lipinski definition) is 3. The third-order valence-electron chi connectivity index (χ3n) is 3.79. The van der Waals surface area contributed by atoms with Gasteiger partial charge in [-0.15, -0.1) is 0 Å². The van der Waals surface area contributed by atoms with Crippen LogP contribution in [0, 0.1) is 13.8 Å². The number of nitrogens with zero attached hydrogens (tertiary/aromatic N) is 4. The molecule has 0 spiro atoms. The highest BCUT2D eigenvalue weighted by molar-refractivity contribution is 5.24. The predicted octanol–water partition coefficient (Wildman–Crippen LogP) is 2.59. The maximum atomic E-state index is 4.58. The summed E-state index contributed by atoms with van der Waals surface area (Å²) < 4.78 is 2.08. The highest BCUT2D eigenvalue weighted by Crippen LogP contribution is 2.15. The summed E-state index contributed by atoms with van der Waals surface area (Å²) in [5.74, 6) is 0. The van der Waals surface area contributed by atoms with Gasteiger partial charge in [0.05, 0.1) is 5.69 Å². The second-order valence-corrected chi connectivity index (χ2v) is 5.31. The van der Waals surface area contributed by atoms with Crippen molar-refractivity contribution in [3.63, 3.8) is 0 Å². The lowest BCUT2D eigenvalue weighted by Gasteiger charge is -2.17. The highest BCUT2D eigenvalue weighted by Gasteiger charge is 2.12. The van der Waals surface area contributed by atoms with Crippen LogP contribution in [0.2, 0.25) is 0 Å². The molecule has 2 rings (SSSR count). The molecule has 4 nitrogen and oxygen atoms in total. The number of aromatic nitrogens is 3. The van der Waals surface area contributed by atoms with Gasteiger partial charge in [-0.3, -0.25) is 9.67 Å². The zero-order valence-electron chi connectivity index (χ0n) is 12.9. The fraction of sp³-hybridized carbons (Fsp3) is 0.500. The molecular formula is C16H24N4. The molecule has 2 aromatic heterocycles. The number of aryl methyl sites for hydroxylation is 2. The van der Waals surface area contributed by atoms with Crippen LogP contribution in [0.15, 0.2) is 24.5 Å². The van der Waals surface area contributed by atoms with E-state index < -0.39 is 0 Å². The van der Waals surface area contributed by atoms with Crippen LogP contribution in [-0.4, -0.2) is 33.3 Å². The molecule has 0 bridgehead atoms. The Kier molecular flexibility index (Phi) is 4.90. The maximum absolute atomic E-state index is 4.58. The first-order chi connectivity index (χ1) is 9.61. The van der Waals surface area contributed by atoms with Crippen molar-refractivity contribution < 1.29 is 0 Å². The van der Waals surface area contributed by atoms with Gasteiger partial charge >= 0.3 is 0 Å². The largest absolute Gasteiger partial charge is 0.302 e. The summed E-state index contributed by atoms with van der Waals surface area (Å²) >= 11 is 0. The Hall–Kier alpha value is -1.68. The Labute approximate surface area is 121 Å². The normalized spacial score (nSPS) is 11.2. The van der Waals surface area contributed by atoms with Crippen molar-refractivity contribution in [1.82, 2.24) is 19.7 Å². The summed E-state index contributed by atoms with van der Waals surface area (Å²) in [6.45, 7) is 9.34. The van der Waals surface area contributed by atoms with Crippen LogP contribution in [0.25, 0.3) is 0 Å². The van der Waals surface area contributed by atoms with Crippen molar-refractivity contribution in [2.45, 2.75) is 40.3 Å². The summed E-state index contributed by atoms with van der Waals surface area (Å²) in [6, 6.07) is 4.17.